The van der Waals surface area contributed by atoms with Gasteiger partial charge < -0.3 is 15.5 Å². The van der Waals surface area contributed by atoms with E-state index < -0.39 is 0 Å². The topological polar surface area (TPSA) is 74.3 Å². The Bertz CT molecular complexity index is 834. The molecule has 0 atom stereocenters. The van der Waals surface area contributed by atoms with Crippen LogP contribution in [0.2, 0.25) is 10.0 Å². The summed E-state index contributed by atoms with van der Waals surface area (Å²) >= 11 is 12.1. The van der Waals surface area contributed by atoms with Crippen LogP contribution in [0.15, 0.2) is 36.5 Å². The minimum atomic E-state index is -0.176. The zero-order valence-corrected chi connectivity index (χ0v) is 16.3. The van der Waals surface area contributed by atoms with Crippen LogP contribution >= 0.6 is 23.2 Å². The first-order chi connectivity index (χ1) is 12.9. The summed E-state index contributed by atoms with van der Waals surface area (Å²) < 4.78 is 0. The van der Waals surface area contributed by atoms with Crippen molar-refractivity contribution in [2.24, 2.45) is 5.92 Å². The Hall–Kier alpha value is -2.31. The van der Waals surface area contributed by atoms with Crippen LogP contribution in [0.3, 0.4) is 0 Å². The van der Waals surface area contributed by atoms with Crippen molar-refractivity contribution in [2.75, 3.05) is 28.6 Å². The van der Waals surface area contributed by atoms with Crippen molar-refractivity contribution in [1.82, 2.24) is 4.98 Å². The van der Waals surface area contributed by atoms with Gasteiger partial charge in [0.25, 0.3) is 0 Å². The van der Waals surface area contributed by atoms with Gasteiger partial charge in [0.1, 0.15) is 5.82 Å². The SMILES string of the molecule is CC(=O)Nc1ccc(NC(=O)C2CCN(c3ccc(Cl)cn3)CC2)c(Cl)c1. The average molecular weight is 407 g/mol. The molecule has 1 fully saturated rings. The molecule has 2 aromatic rings. The minimum absolute atomic E-state index is 0.0482. The quantitative estimate of drug-likeness (QED) is 0.797. The van der Waals surface area contributed by atoms with E-state index in [1.807, 2.05) is 12.1 Å². The van der Waals surface area contributed by atoms with Crippen LogP contribution in [0.1, 0.15) is 19.8 Å². The van der Waals surface area contributed by atoms with E-state index in [0.29, 0.717) is 21.4 Å². The van der Waals surface area contributed by atoms with E-state index in [1.54, 1.807) is 24.4 Å². The van der Waals surface area contributed by atoms with Gasteiger partial charge in [-0.2, -0.15) is 0 Å². The Labute approximate surface area is 167 Å². The zero-order valence-electron chi connectivity index (χ0n) is 14.8. The fraction of sp³-hybridized carbons (Fsp3) is 0.316. The number of carbonyl (C=O) groups is 2. The van der Waals surface area contributed by atoms with Gasteiger partial charge in [-0.05, 0) is 43.2 Å². The van der Waals surface area contributed by atoms with Gasteiger partial charge in [-0.1, -0.05) is 23.2 Å². The number of halogens is 2. The van der Waals surface area contributed by atoms with Crippen molar-refractivity contribution in [3.63, 3.8) is 0 Å². The molecule has 27 heavy (non-hydrogen) atoms. The maximum atomic E-state index is 12.6. The maximum Gasteiger partial charge on any atom is 0.227 e. The number of hydrogen-bond donors (Lipinski definition) is 2. The first-order valence-corrected chi connectivity index (χ1v) is 9.42. The van der Waals surface area contributed by atoms with E-state index in [-0.39, 0.29) is 17.7 Å². The van der Waals surface area contributed by atoms with Crippen molar-refractivity contribution in [3.05, 3.63) is 46.6 Å². The third-order valence-corrected chi connectivity index (χ3v) is 4.99. The summed E-state index contributed by atoms with van der Waals surface area (Å²) in [4.78, 5) is 30.2. The van der Waals surface area contributed by atoms with Gasteiger partial charge in [0.2, 0.25) is 11.8 Å². The number of anilines is 3. The molecule has 1 aromatic heterocycles. The highest BCUT2D eigenvalue weighted by Crippen LogP contribution is 2.28. The number of benzene rings is 1. The van der Waals surface area contributed by atoms with E-state index in [2.05, 4.69) is 20.5 Å². The fourth-order valence-electron chi connectivity index (χ4n) is 3.06. The van der Waals surface area contributed by atoms with Gasteiger partial charge in [-0.15, -0.1) is 0 Å². The Morgan fingerprint density at radius 2 is 1.85 bits per heavy atom. The Morgan fingerprint density at radius 3 is 2.44 bits per heavy atom. The molecule has 0 bridgehead atoms. The number of nitrogens with one attached hydrogen (secondary N) is 2. The van der Waals surface area contributed by atoms with Crippen molar-refractivity contribution in [2.45, 2.75) is 19.8 Å². The lowest BCUT2D eigenvalue weighted by atomic mass is 9.95. The molecule has 1 aromatic carbocycles. The molecule has 1 aliphatic heterocycles. The van der Waals surface area contributed by atoms with Crippen molar-refractivity contribution in [1.29, 1.82) is 0 Å². The number of piperidine rings is 1. The summed E-state index contributed by atoms with van der Waals surface area (Å²) in [6.45, 7) is 2.93. The van der Waals surface area contributed by atoms with Crippen molar-refractivity contribution < 1.29 is 9.59 Å². The second-order valence-corrected chi connectivity index (χ2v) is 7.30. The van der Waals surface area contributed by atoms with E-state index in [0.717, 1.165) is 31.7 Å². The minimum Gasteiger partial charge on any atom is -0.357 e. The zero-order chi connectivity index (χ0) is 19.4. The van der Waals surface area contributed by atoms with Gasteiger partial charge in [0, 0.05) is 37.8 Å². The fourth-order valence-corrected chi connectivity index (χ4v) is 3.40. The molecule has 0 saturated carbocycles. The van der Waals surface area contributed by atoms with Crippen LogP contribution in [-0.2, 0) is 9.59 Å². The molecule has 2 N–H and O–H groups in total. The molecule has 0 spiro atoms. The normalized spacial score (nSPS) is 14.7. The Kier molecular flexibility index (Phi) is 6.19. The first kappa shape index (κ1) is 19.5. The van der Waals surface area contributed by atoms with Crippen LogP contribution in [0.4, 0.5) is 17.2 Å². The van der Waals surface area contributed by atoms with E-state index in [9.17, 15) is 9.59 Å². The van der Waals surface area contributed by atoms with E-state index in [1.165, 1.54) is 6.92 Å². The van der Waals surface area contributed by atoms with Gasteiger partial charge >= 0.3 is 0 Å². The highest BCUT2D eigenvalue weighted by atomic mass is 35.5. The number of rotatable bonds is 4. The van der Waals surface area contributed by atoms with Crippen LogP contribution in [0.25, 0.3) is 0 Å². The summed E-state index contributed by atoms with van der Waals surface area (Å²) in [5.41, 5.74) is 1.13. The highest BCUT2D eigenvalue weighted by Gasteiger charge is 2.26. The lowest BCUT2D eigenvalue weighted by Crippen LogP contribution is -2.38. The standard InChI is InChI=1S/C19H20Cl2N4O2/c1-12(26)23-15-3-4-17(16(21)10-15)24-19(27)13-6-8-25(9-7-13)18-5-2-14(20)11-22-18/h2-5,10-11,13H,6-9H2,1H3,(H,23,26)(H,24,27). The highest BCUT2D eigenvalue weighted by molar-refractivity contribution is 6.34. The van der Waals surface area contributed by atoms with Gasteiger partial charge in [-0.3, -0.25) is 9.59 Å². The predicted octanol–water partition coefficient (Wildman–Crippen LogP) is 4.20. The third kappa shape index (κ3) is 5.11. The monoisotopic (exact) mass is 406 g/mol. The van der Waals surface area contributed by atoms with Crippen molar-refractivity contribution in [3.8, 4) is 0 Å². The van der Waals surface area contributed by atoms with Gasteiger partial charge in [-0.25, -0.2) is 4.98 Å². The molecule has 0 aliphatic carbocycles. The second kappa shape index (κ2) is 8.59. The van der Waals surface area contributed by atoms with Gasteiger partial charge in [0.15, 0.2) is 0 Å². The van der Waals surface area contributed by atoms with Gasteiger partial charge in [0.05, 0.1) is 15.7 Å². The summed E-state index contributed by atoms with van der Waals surface area (Å²) in [6.07, 6.45) is 3.10. The van der Waals surface area contributed by atoms with Crippen LogP contribution in [-0.4, -0.2) is 29.9 Å². The summed E-state index contributed by atoms with van der Waals surface area (Å²) in [5.74, 6) is 0.562. The largest absolute Gasteiger partial charge is 0.357 e. The molecule has 0 radical (unpaired) electrons. The first-order valence-electron chi connectivity index (χ1n) is 8.67. The number of hydrogen-bond acceptors (Lipinski definition) is 4. The summed E-state index contributed by atoms with van der Waals surface area (Å²) in [7, 11) is 0. The van der Waals surface area contributed by atoms with E-state index >= 15 is 0 Å². The summed E-state index contributed by atoms with van der Waals surface area (Å²) in [6, 6.07) is 8.72. The van der Waals surface area contributed by atoms with Crippen LogP contribution in [0, 0.1) is 5.92 Å². The third-order valence-electron chi connectivity index (χ3n) is 4.45. The molecule has 1 saturated heterocycles. The lowest BCUT2D eigenvalue weighted by molar-refractivity contribution is -0.120. The van der Waals surface area contributed by atoms with E-state index in [4.69, 9.17) is 23.2 Å². The smallest absolute Gasteiger partial charge is 0.227 e. The Balaban J connectivity index is 1.56. The number of pyridine rings is 1. The molecule has 6 nitrogen and oxygen atoms in total. The molecule has 142 valence electrons. The molecule has 0 unspecified atom stereocenters. The maximum absolute atomic E-state index is 12.6. The second-order valence-electron chi connectivity index (χ2n) is 6.46. The number of amides is 2. The van der Waals surface area contributed by atoms with Crippen molar-refractivity contribution >= 4 is 52.2 Å². The molecular weight excluding hydrogens is 387 g/mol. The number of aromatic nitrogens is 1. The molecule has 2 amide bonds. The molecule has 2 heterocycles. The number of carbonyl (C=O) groups excluding carboxylic acids is 2. The average Bonchev–Trinajstić information content (AvgIpc) is 2.64. The summed E-state index contributed by atoms with van der Waals surface area (Å²) in [5, 5.41) is 6.54. The molecule has 8 heteroatoms. The van der Waals surface area contributed by atoms with Crippen LogP contribution in [0.5, 0.6) is 0 Å². The predicted molar refractivity (Wildman–Crippen MR) is 109 cm³/mol. The molecule has 1 aliphatic rings. The Morgan fingerprint density at radius 1 is 1.11 bits per heavy atom. The van der Waals surface area contributed by atoms with Crippen LogP contribution < -0.4 is 15.5 Å². The molecular formula is C19H20Cl2N4O2. The number of nitrogens with zero attached hydrogens (tertiary/aromatic N) is 2. The lowest BCUT2D eigenvalue weighted by Gasteiger charge is -2.32. The molecule has 3 rings (SSSR count).